The van der Waals surface area contributed by atoms with E-state index in [0.717, 1.165) is 68.8 Å². The predicted molar refractivity (Wildman–Crippen MR) is 214 cm³/mol. The molecular weight excluding hydrogens is 698 g/mol. The minimum absolute atomic E-state index is 0.147. The molecule has 3 aliphatic carbocycles. The van der Waals surface area contributed by atoms with Gasteiger partial charge in [0, 0.05) is 54.5 Å². The average molecular weight is 754 g/mol. The second-order valence-electron chi connectivity index (χ2n) is 16.4. The summed E-state index contributed by atoms with van der Waals surface area (Å²) in [6, 6.07) is 18.1. The van der Waals surface area contributed by atoms with Crippen molar-refractivity contribution in [1.82, 2.24) is 19.7 Å². The van der Waals surface area contributed by atoms with Crippen LogP contribution < -0.4 is 14.8 Å². The number of aromatic nitrogens is 3. The van der Waals surface area contributed by atoms with Gasteiger partial charge in [-0.3, -0.25) is 9.67 Å². The fourth-order valence-electron chi connectivity index (χ4n) is 9.60. The van der Waals surface area contributed by atoms with Crippen molar-refractivity contribution in [1.29, 1.82) is 0 Å². The van der Waals surface area contributed by atoms with Crippen LogP contribution in [0.2, 0.25) is 5.02 Å². The number of benzene rings is 2. The monoisotopic (exact) mass is 753 g/mol. The van der Waals surface area contributed by atoms with Crippen LogP contribution in [-0.2, 0) is 36.6 Å². The Kier molecular flexibility index (Phi) is 11.6. The van der Waals surface area contributed by atoms with Crippen molar-refractivity contribution in [2.24, 2.45) is 18.9 Å². The number of halogens is 1. The van der Waals surface area contributed by atoms with E-state index in [4.69, 9.17) is 21.1 Å². The van der Waals surface area contributed by atoms with Gasteiger partial charge in [0.1, 0.15) is 17.0 Å². The molecule has 2 aromatic carbocycles. The number of rotatable bonds is 15. The zero-order chi connectivity index (χ0) is 37.9. The molecule has 0 radical (unpaired) electrons. The van der Waals surface area contributed by atoms with Crippen molar-refractivity contribution < 1.29 is 19.4 Å². The van der Waals surface area contributed by atoms with Crippen LogP contribution in [0.25, 0.3) is 0 Å². The standard InChI is InChI=1S/C44H56ClN5O4/c1-30(29-54-40-15-20-46-39-11-5-8-31(2)41(39)40)24-33-25-32-12-13-37(53-23-7-22-49(3)28-36-14-21-47-50(36)4)27-38(32)43(33)16-18-44(19-17-43,42(51)52)48-35-10-6-9-34(45)26-35/h6,9-10,12-15,20-21,26-27,30-31,33,48H,5,7-8,11,16-19,22-25,28-29H2,1-4H3,(H,51,52)/t30-,31-,33+,43?,44?/m1/s1. The van der Waals surface area contributed by atoms with Crippen LogP contribution >= 0.6 is 11.6 Å². The topological polar surface area (TPSA) is 102 Å². The number of nitrogens with zero attached hydrogens (tertiary/aromatic N) is 4. The average Bonchev–Trinajstić information content (AvgIpc) is 3.69. The Hall–Kier alpha value is -4.08. The van der Waals surface area contributed by atoms with E-state index in [1.807, 2.05) is 54.5 Å². The third-order valence-electron chi connectivity index (χ3n) is 12.6. The van der Waals surface area contributed by atoms with Crippen LogP contribution in [0, 0.1) is 11.8 Å². The Labute approximate surface area is 325 Å². The summed E-state index contributed by atoms with van der Waals surface area (Å²) in [4.78, 5) is 20.0. The Morgan fingerprint density at radius 3 is 2.70 bits per heavy atom. The van der Waals surface area contributed by atoms with E-state index < -0.39 is 11.5 Å². The lowest BCUT2D eigenvalue weighted by Crippen LogP contribution is -2.53. The van der Waals surface area contributed by atoms with Gasteiger partial charge >= 0.3 is 5.97 Å². The SMILES string of the molecule is C[C@@H](COc1ccnc2c1[C@H](C)CCC2)C[C@H]1Cc2ccc(OCCCN(C)Cc3ccnn3C)cc2C12CCC(Nc1cccc(Cl)c1)(C(=O)O)CC2. The van der Waals surface area contributed by atoms with Crippen molar-refractivity contribution in [3.8, 4) is 11.5 Å². The number of ether oxygens (including phenoxy) is 2. The van der Waals surface area contributed by atoms with Gasteiger partial charge in [0.15, 0.2) is 0 Å². The molecule has 0 amide bonds. The summed E-state index contributed by atoms with van der Waals surface area (Å²) in [5.74, 6) is 2.22. The summed E-state index contributed by atoms with van der Waals surface area (Å²) in [7, 11) is 4.11. The molecule has 7 rings (SSSR count). The fourth-order valence-corrected chi connectivity index (χ4v) is 9.79. The summed E-state index contributed by atoms with van der Waals surface area (Å²) in [5, 5.41) is 19.0. The first kappa shape index (κ1) is 38.2. The summed E-state index contributed by atoms with van der Waals surface area (Å²) in [6.07, 6.45) is 12.6. The number of carboxylic acids is 1. The zero-order valence-electron chi connectivity index (χ0n) is 32.3. The van der Waals surface area contributed by atoms with E-state index in [1.165, 1.54) is 40.9 Å². The minimum Gasteiger partial charge on any atom is -0.494 e. The molecule has 1 fully saturated rings. The molecular formula is C44H56ClN5O4. The lowest BCUT2D eigenvalue weighted by Gasteiger charge is -2.47. The molecule has 3 aliphatic rings. The molecule has 1 saturated carbocycles. The van der Waals surface area contributed by atoms with Crippen LogP contribution in [0.5, 0.6) is 11.5 Å². The highest BCUT2D eigenvalue weighted by Crippen LogP contribution is 2.57. The van der Waals surface area contributed by atoms with E-state index in [1.54, 1.807) is 0 Å². The summed E-state index contributed by atoms with van der Waals surface area (Å²) < 4.78 is 14.9. The fraction of sp³-hybridized carbons (Fsp3) is 0.523. The normalized spacial score (nSPS) is 23.9. The first-order valence-corrected chi connectivity index (χ1v) is 20.2. The number of carboxylic acid groups (broad SMARTS) is 1. The highest BCUT2D eigenvalue weighted by molar-refractivity contribution is 6.30. The number of anilines is 1. The lowest BCUT2D eigenvalue weighted by atomic mass is 9.59. The molecule has 288 valence electrons. The van der Waals surface area contributed by atoms with E-state index in [0.29, 0.717) is 48.8 Å². The maximum atomic E-state index is 13.0. The second-order valence-corrected chi connectivity index (χ2v) is 16.8. The van der Waals surface area contributed by atoms with Crippen molar-refractivity contribution in [3.05, 3.63) is 100 Å². The zero-order valence-corrected chi connectivity index (χ0v) is 33.1. The molecule has 10 heteroatoms. The van der Waals surface area contributed by atoms with Crippen molar-refractivity contribution in [2.75, 3.05) is 32.1 Å². The summed E-state index contributed by atoms with van der Waals surface area (Å²) in [6.45, 7) is 7.63. The van der Waals surface area contributed by atoms with Crippen molar-refractivity contribution >= 4 is 23.3 Å². The third kappa shape index (κ3) is 8.13. The van der Waals surface area contributed by atoms with Crippen LogP contribution in [0.4, 0.5) is 5.69 Å². The number of pyridine rings is 1. The Morgan fingerprint density at radius 1 is 1.11 bits per heavy atom. The summed E-state index contributed by atoms with van der Waals surface area (Å²) in [5.41, 5.74) is 5.89. The smallest absolute Gasteiger partial charge is 0.329 e. The Bertz CT molecular complexity index is 1920. The quantitative estimate of drug-likeness (QED) is 0.116. The Morgan fingerprint density at radius 2 is 1.94 bits per heavy atom. The minimum atomic E-state index is -1.06. The van der Waals surface area contributed by atoms with Gasteiger partial charge in [0.25, 0.3) is 0 Å². The number of aryl methyl sites for hydroxylation is 2. The maximum Gasteiger partial charge on any atom is 0.329 e. The van der Waals surface area contributed by atoms with Gasteiger partial charge in [0.2, 0.25) is 0 Å². The molecule has 4 aromatic rings. The van der Waals surface area contributed by atoms with E-state index in [2.05, 4.69) is 65.5 Å². The van der Waals surface area contributed by atoms with Crippen LogP contribution in [-0.4, -0.2) is 63.1 Å². The van der Waals surface area contributed by atoms with E-state index in [9.17, 15) is 9.90 Å². The molecule has 0 unspecified atom stereocenters. The predicted octanol–water partition coefficient (Wildman–Crippen LogP) is 8.83. The van der Waals surface area contributed by atoms with E-state index in [-0.39, 0.29) is 5.41 Å². The third-order valence-corrected chi connectivity index (χ3v) is 12.8. The molecule has 2 aromatic heterocycles. The highest BCUT2D eigenvalue weighted by atomic mass is 35.5. The number of fused-ring (bicyclic) bond motifs is 3. The van der Waals surface area contributed by atoms with Gasteiger partial charge in [-0.2, -0.15) is 5.10 Å². The van der Waals surface area contributed by atoms with Gasteiger partial charge in [-0.15, -0.1) is 0 Å². The van der Waals surface area contributed by atoms with Gasteiger partial charge in [-0.25, -0.2) is 4.79 Å². The molecule has 0 saturated heterocycles. The number of hydrogen-bond acceptors (Lipinski definition) is 7. The number of hydrogen-bond donors (Lipinski definition) is 2. The molecule has 3 atom stereocenters. The first-order valence-electron chi connectivity index (χ1n) is 19.8. The maximum absolute atomic E-state index is 13.0. The molecule has 2 heterocycles. The van der Waals surface area contributed by atoms with Crippen molar-refractivity contribution in [2.45, 2.75) is 101 Å². The molecule has 2 N–H and O–H groups in total. The van der Waals surface area contributed by atoms with Crippen LogP contribution in [0.15, 0.2) is 67.0 Å². The molecule has 0 bridgehead atoms. The first-order chi connectivity index (χ1) is 26.0. The van der Waals surface area contributed by atoms with Gasteiger partial charge < -0.3 is 24.8 Å². The molecule has 54 heavy (non-hydrogen) atoms. The summed E-state index contributed by atoms with van der Waals surface area (Å²) >= 11 is 6.31. The van der Waals surface area contributed by atoms with E-state index >= 15 is 0 Å². The Balaban J connectivity index is 1.07. The van der Waals surface area contributed by atoms with Gasteiger partial charge in [-0.1, -0.05) is 37.6 Å². The number of aliphatic carboxylic acids is 1. The van der Waals surface area contributed by atoms with Crippen molar-refractivity contribution in [3.63, 3.8) is 0 Å². The largest absolute Gasteiger partial charge is 0.494 e. The van der Waals surface area contributed by atoms with Gasteiger partial charge in [0.05, 0.1) is 18.9 Å². The lowest BCUT2D eigenvalue weighted by molar-refractivity contribution is -0.144. The van der Waals surface area contributed by atoms with Gasteiger partial charge in [-0.05, 0) is 148 Å². The second kappa shape index (κ2) is 16.3. The number of carbonyl (C=O) groups is 1. The van der Waals surface area contributed by atoms with Crippen LogP contribution in [0.1, 0.15) is 99.2 Å². The molecule has 0 aliphatic heterocycles. The van der Waals surface area contributed by atoms with Crippen LogP contribution in [0.3, 0.4) is 0 Å². The molecule has 1 spiro atoms. The number of nitrogens with one attached hydrogen (secondary N) is 1. The highest BCUT2D eigenvalue weighted by Gasteiger charge is 2.54. The molecule has 9 nitrogen and oxygen atoms in total.